The molecule has 3 aromatic heterocycles. The van der Waals surface area contributed by atoms with Crippen molar-refractivity contribution in [2.75, 3.05) is 6.54 Å². The highest BCUT2D eigenvalue weighted by molar-refractivity contribution is 7.09. The predicted molar refractivity (Wildman–Crippen MR) is 128 cm³/mol. The second kappa shape index (κ2) is 10.8. The van der Waals surface area contributed by atoms with E-state index in [0.29, 0.717) is 17.0 Å². The molecule has 1 saturated heterocycles. The first kappa shape index (κ1) is 24.5. The van der Waals surface area contributed by atoms with Crippen LogP contribution >= 0.6 is 22.9 Å². The molecule has 4 rings (SSSR count). The highest BCUT2D eigenvalue weighted by Crippen LogP contribution is 2.22. The Kier molecular flexibility index (Phi) is 7.56. The number of furan rings is 1. The van der Waals surface area contributed by atoms with Crippen molar-refractivity contribution < 1.29 is 23.6 Å². The Hall–Kier alpha value is -3.58. The fraction of sp³-hybridized carbons (Fsp3) is 0.364. The Morgan fingerprint density at radius 2 is 2.11 bits per heavy atom. The van der Waals surface area contributed by atoms with Crippen LogP contribution in [0.15, 0.2) is 40.3 Å². The first-order chi connectivity index (χ1) is 16.8. The number of carbonyl (C=O) groups is 4. The van der Waals surface area contributed by atoms with Crippen molar-refractivity contribution in [1.82, 2.24) is 25.1 Å². The number of nitrogens with two attached hydrogens (primary N) is 1. The molecule has 0 aliphatic carbocycles. The van der Waals surface area contributed by atoms with Gasteiger partial charge in [-0.05, 0) is 54.9 Å². The Morgan fingerprint density at radius 1 is 1.29 bits per heavy atom. The van der Waals surface area contributed by atoms with Gasteiger partial charge in [-0.15, -0.1) is 16.4 Å². The number of nitrogens with one attached hydrogen (secondary N) is 2. The third-order valence-electron chi connectivity index (χ3n) is 5.74. The number of likely N-dealkylation sites (tertiary alicyclic amines) is 1. The summed E-state index contributed by atoms with van der Waals surface area (Å²) in [4.78, 5) is 53.9. The molecule has 11 nitrogen and oxygen atoms in total. The number of aryl methyl sites for hydroxylation is 1. The van der Waals surface area contributed by atoms with Crippen molar-refractivity contribution >= 4 is 46.5 Å². The van der Waals surface area contributed by atoms with Crippen LogP contribution in [0.3, 0.4) is 0 Å². The van der Waals surface area contributed by atoms with E-state index in [1.165, 1.54) is 28.6 Å². The van der Waals surface area contributed by atoms with Crippen molar-refractivity contribution in [3.8, 4) is 0 Å². The monoisotopic (exact) mass is 516 g/mol. The molecule has 4 N–H and O–H groups in total. The number of hydrogen-bond donors (Lipinski definition) is 3. The van der Waals surface area contributed by atoms with Crippen LogP contribution in [0.1, 0.15) is 43.6 Å². The molecule has 4 amide bonds. The number of aromatic nitrogens is 2. The summed E-state index contributed by atoms with van der Waals surface area (Å²) in [6.07, 6.45) is 2.21. The molecule has 13 heteroatoms. The summed E-state index contributed by atoms with van der Waals surface area (Å²) in [7, 11) is 0. The highest BCUT2D eigenvalue weighted by Gasteiger charge is 2.39. The van der Waals surface area contributed by atoms with Crippen molar-refractivity contribution in [2.45, 2.75) is 44.3 Å². The molecule has 0 radical (unpaired) electrons. The van der Waals surface area contributed by atoms with Gasteiger partial charge in [0.25, 0.3) is 11.8 Å². The van der Waals surface area contributed by atoms with Gasteiger partial charge in [0, 0.05) is 23.9 Å². The molecule has 1 aliphatic heterocycles. The lowest BCUT2D eigenvalue weighted by molar-refractivity contribution is -0.131. The molecule has 0 unspecified atom stereocenters. The third-order valence-corrected chi connectivity index (χ3v) is 7.46. The maximum atomic E-state index is 13.4. The molecule has 1 aliphatic rings. The van der Waals surface area contributed by atoms with Gasteiger partial charge in [-0.3, -0.25) is 19.2 Å². The van der Waals surface area contributed by atoms with E-state index in [9.17, 15) is 19.2 Å². The summed E-state index contributed by atoms with van der Waals surface area (Å²) in [5.41, 5.74) is 6.07. The number of carbonyl (C=O) groups excluding carboxylic acids is 4. The molecule has 0 aromatic carbocycles. The van der Waals surface area contributed by atoms with E-state index in [2.05, 4.69) is 20.2 Å². The van der Waals surface area contributed by atoms with E-state index in [0.717, 1.165) is 16.4 Å². The van der Waals surface area contributed by atoms with Gasteiger partial charge < -0.3 is 25.7 Å². The molecule has 0 bridgehead atoms. The van der Waals surface area contributed by atoms with Gasteiger partial charge in [0.1, 0.15) is 17.0 Å². The van der Waals surface area contributed by atoms with Crippen molar-refractivity contribution in [3.05, 3.63) is 57.1 Å². The van der Waals surface area contributed by atoms with Gasteiger partial charge >= 0.3 is 0 Å². The van der Waals surface area contributed by atoms with E-state index < -0.39 is 29.8 Å². The van der Waals surface area contributed by atoms with Crippen LogP contribution in [-0.4, -0.2) is 62.8 Å². The smallest absolute Gasteiger partial charge is 0.290 e. The minimum atomic E-state index is -0.947. The molecule has 1 fully saturated rings. The lowest BCUT2D eigenvalue weighted by Crippen LogP contribution is -2.59. The first-order valence-corrected chi connectivity index (χ1v) is 12.5. The molecule has 0 saturated carbocycles. The van der Waals surface area contributed by atoms with Gasteiger partial charge in [-0.2, -0.15) is 0 Å². The molecule has 4 heterocycles. The van der Waals surface area contributed by atoms with Crippen LogP contribution < -0.4 is 16.4 Å². The number of nitrogens with zero attached hydrogens (tertiary/aromatic N) is 3. The van der Waals surface area contributed by atoms with Crippen LogP contribution in [0.5, 0.6) is 0 Å². The number of hydrogen-bond acceptors (Lipinski definition) is 9. The van der Waals surface area contributed by atoms with E-state index in [-0.39, 0.29) is 37.1 Å². The summed E-state index contributed by atoms with van der Waals surface area (Å²) in [5.74, 6) is -1.89. The first-order valence-electron chi connectivity index (χ1n) is 10.9. The summed E-state index contributed by atoms with van der Waals surface area (Å²) in [5, 5.41) is 11.3. The van der Waals surface area contributed by atoms with Crippen molar-refractivity contribution in [3.63, 3.8) is 0 Å². The number of rotatable bonds is 8. The average Bonchev–Trinajstić information content (AvgIpc) is 3.61. The van der Waals surface area contributed by atoms with Crippen molar-refractivity contribution in [1.29, 1.82) is 0 Å². The normalized spacial score (nSPS) is 18.6. The zero-order valence-corrected chi connectivity index (χ0v) is 20.4. The maximum Gasteiger partial charge on any atom is 0.290 e. The van der Waals surface area contributed by atoms with Crippen LogP contribution in [-0.2, 0) is 16.0 Å². The largest absolute Gasteiger partial charge is 0.459 e. The van der Waals surface area contributed by atoms with E-state index in [1.54, 1.807) is 13.0 Å². The zero-order valence-electron chi connectivity index (χ0n) is 18.8. The SMILES string of the molecule is Cc1nnsc1C(=O)N[C@@H]1CCN(C(=O)c2ccco2)[C@H](C(=O)N[C@@H](Cc2cccs2)C(N)=O)C1. The molecule has 3 atom stereocenters. The molecular weight excluding hydrogens is 492 g/mol. The average molecular weight is 517 g/mol. The second-order valence-corrected chi connectivity index (χ2v) is 9.91. The fourth-order valence-electron chi connectivity index (χ4n) is 3.94. The van der Waals surface area contributed by atoms with Gasteiger partial charge in [0.05, 0.1) is 12.0 Å². The Labute approximate surface area is 208 Å². The van der Waals surface area contributed by atoms with Crippen LogP contribution in [0, 0.1) is 6.92 Å². The molecule has 35 heavy (non-hydrogen) atoms. The summed E-state index contributed by atoms with van der Waals surface area (Å²) >= 11 is 2.44. The van der Waals surface area contributed by atoms with Gasteiger partial charge in [0.15, 0.2) is 5.76 Å². The fourth-order valence-corrected chi connectivity index (χ4v) is 5.25. The minimum absolute atomic E-state index is 0.0988. The summed E-state index contributed by atoms with van der Waals surface area (Å²) in [6, 6.07) is 4.53. The topological polar surface area (TPSA) is 161 Å². The molecule has 184 valence electrons. The van der Waals surface area contributed by atoms with Crippen LogP contribution in [0.4, 0.5) is 0 Å². The third kappa shape index (κ3) is 5.74. The Bertz CT molecular complexity index is 1190. The summed E-state index contributed by atoms with van der Waals surface area (Å²) < 4.78 is 9.02. The standard InChI is InChI=1S/C22H24N6O5S2/c1-12-18(35-27-26-12)21(31)24-13-6-7-28(22(32)17-5-2-8-33-17)16(10-13)20(30)25-15(19(23)29)11-14-4-3-9-34-14/h2-5,8-9,13,15-16H,6-7,10-11H2,1H3,(H2,23,29)(H,24,31)(H,25,30)/t13-,15+,16+/m1/s1. The van der Waals surface area contributed by atoms with Gasteiger partial charge in [0.2, 0.25) is 11.8 Å². The van der Waals surface area contributed by atoms with Crippen LogP contribution in [0.2, 0.25) is 0 Å². The van der Waals surface area contributed by atoms with Crippen LogP contribution in [0.25, 0.3) is 0 Å². The second-order valence-electron chi connectivity index (χ2n) is 8.12. The summed E-state index contributed by atoms with van der Waals surface area (Å²) in [6.45, 7) is 1.89. The maximum absolute atomic E-state index is 13.4. The lowest BCUT2D eigenvalue weighted by atomic mass is 9.95. The number of primary amides is 1. The zero-order chi connectivity index (χ0) is 24.9. The molecular formula is C22H24N6O5S2. The quantitative estimate of drug-likeness (QED) is 0.404. The van der Waals surface area contributed by atoms with Gasteiger partial charge in [-0.25, -0.2) is 0 Å². The minimum Gasteiger partial charge on any atom is -0.459 e. The van der Waals surface area contributed by atoms with Gasteiger partial charge in [-0.1, -0.05) is 10.6 Å². The molecule has 0 spiro atoms. The van der Waals surface area contributed by atoms with E-state index >= 15 is 0 Å². The Morgan fingerprint density at radius 3 is 2.74 bits per heavy atom. The van der Waals surface area contributed by atoms with Crippen molar-refractivity contribution in [2.24, 2.45) is 5.73 Å². The molecule has 3 aromatic rings. The highest BCUT2D eigenvalue weighted by atomic mass is 32.1. The Balaban J connectivity index is 1.51. The predicted octanol–water partition coefficient (Wildman–Crippen LogP) is 1.12. The lowest BCUT2D eigenvalue weighted by Gasteiger charge is -2.38. The number of thiophene rings is 1. The number of amides is 4. The van der Waals surface area contributed by atoms with E-state index in [1.807, 2.05) is 17.5 Å². The van der Waals surface area contributed by atoms with E-state index in [4.69, 9.17) is 10.2 Å². The number of piperidine rings is 1.